The normalized spacial score (nSPS) is 12.1. The molecule has 10 heterocycles. The van der Waals surface area contributed by atoms with Crippen LogP contribution in [-0.4, -0.2) is 159 Å². The zero-order chi connectivity index (χ0) is 79.5. The number of hydrogen-bond acceptors (Lipinski definition) is 29. The number of aromatic amines is 12. The quantitative estimate of drug-likeness (QED) is 0.00788. The van der Waals surface area contributed by atoms with E-state index in [1.54, 1.807) is 73.1 Å². The number of hydrogen-bond donors (Lipinski definition) is 17. The van der Waals surface area contributed by atoms with Gasteiger partial charge >= 0.3 is 17.9 Å². The Morgan fingerprint density at radius 2 is 0.842 bits per heavy atom. The molecule has 0 atom stereocenters. The molecule has 43 heteroatoms. The van der Waals surface area contributed by atoms with Crippen molar-refractivity contribution in [3.63, 3.8) is 0 Å². The van der Waals surface area contributed by atoms with E-state index in [4.69, 9.17) is 33.4 Å². The van der Waals surface area contributed by atoms with Crippen LogP contribution in [0.2, 0.25) is 0 Å². The Morgan fingerprint density at radius 1 is 0.439 bits per heavy atom. The van der Waals surface area contributed by atoms with E-state index in [9.17, 15) is 47.9 Å². The van der Waals surface area contributed by atoms with E-state index in [2.05, 4.69) is 123 Å². The summed E-state index contributed by atoms with van der Waals surface area (Å²) in [6.07, 6.45) is 10.3. The van der Waals surface area contributed by atoms with Crippen LogP contribution in [0.15, 0.2) is 152 Å². The zero-order valence-corrected chi connectivity index (χ0v) is 61.8. The Bertz CT molecular complexity index is 6170. The molecule has 0 spiro atoms. The summed E-state index contributed by atoms with van der Waals surface area (Å²) in [5.74, 6) is 1.95. The highest BCUT2D eigenvalue weighted by Gasteiger charge is 2.27. The molecule has 2 amide bonds. The summed E-state index contributed by atoms with van der Waals surface area (Å²) in [4.78, 5) is 141. The van der Waals surface area contributed by atoms with Crippen molar-refractivity contribution in [3.8, 4) is 28.7 Å². The molecule has 17 rings (SSSR count). The molecule has 114 heavy (non-hydrogen) atoms. The molecular formula is C71H70N24O17S2. The van der Waals surface area contributed by atoms with Crippen LogP contribution in [-0.2, 0) is 33.6 Å². The molecule has 2 aliphatic rings. The number of carbonyl (C=O) groups is 5. The van der Waals surface area contributed by atoms with Crippen molar-refractivity contribution in [1.82, 2.24) is 96.5 Å². The highest BCUT2D eigenvalue weighted by Crippen LogP contribution is 2.40. The van der Waals surface area contributed by atoms with Crippen molar-refractivity contribution in [1.29, 1.82) is 0 Å². The minimum atomic E-state index is -0.701. The van der Waals surface area contributed by atoms with Crippen LogP contribution in [0.25, 0.3) is 54.5 Å². The van der Waals surface area contributed by atoms with Gasteiger partial charge in [0.25, 0.3) is 27.8 Å². The van der Waals surface area contributed by atoms with Crippen molar-refractivity contribution in [2.24, 2.45) is 0 Å². The average molecular weight is 1600 g/mol. The van der Waals surface area contributed by atoms with Crippen molar-refractivity contribution < 1.29 is 57.3 Å². The first-order valence-corrected chi connectivity index (χ1v) is 36.5. The van der Waals surface area contributed by atoms with Gasteiger partial charge in [-0.15, -0.1) is 27.8 Å². The molecule has 17 N–H and O–H groups in total. The van der Waals surface area contributed by atoms with Gasteiger partial charge in [0, 0.05) is 94.4 Å². The van der Waals surface area contributed by atoms with E-state index in [1.165, 1.54) is 84.3 Å². The van der Waals surface area contributed by atoms with Crippen LogP contribution in [0.4, 0.5) is 27.8 Å². The van der Waals surface area contributed by atoms with Crippen molar-refractivity contribution in [2.75, 3.05) is 59.9 Å². The van der Waals surface area contributed by atoms with E-state index in [0.29, 0.717) is 128 Å². The first kappa shape index (κ1) is 77.6. The number of ether oxygens (including phenoxy) is 5. The molecule has 10 aromatic heterocycles. The van der Waals surface area contributed by atoms with Gasteiger partial charge in [0.1, 0.15) is 68.0 Å². The van der Waals surface area contributed by atoms with Gasteiger partial charge in [-0.1, -0.05) is 0 Å². The fourth-order valence-electron chi connectivity index (χ4n) is 10.6. The summed E-state index contributed by atoms with van der Waals surface area (Å²) >= 11 is 2.84. The topological polar surface area (TPSA) is 575 Å². The molecule has 0 saturated heterocycles. The summed E-state index contributed by atoms with van der Waals surface area (Å²) in [6.45, 7) is 5.68. The van der Waals surface area contributed by atoms with Gasteiger partial charge in [0.05, 0.1) is 73.3 Å². The molecule has 2 fully saturated rings. The van der Waals surface area contributed by atoms with Gasteiger partial charge in [-0.2, -0.15) is 15.3 Å². The molecule has 5 aromatic carbocycles. The Balaban J connectivity index is 0.000000124. The summed E-state index contributed by atoms with van der Waals surface area (Å²) in [6, 6.07) is 28.1. The smallest absolute Gasteiger partial charge is 0.320 e. The predicted molar refractivity (Wildman–Crippen MR) is 416 cm³/mol. The number of rotatable bonds is 27. The molecular weight excluding hydrogens is 1530 g/mol. The molecule has 0 unspecified atom stereocenters. The van der Waals surface area contributed by atoms with Crippen LogP contribution < -0.4 is 78.4 Å². The number of thiazole rings is 2. The number of carbonyl (C=O) groups excluding carboxylic acids is 5. The van der Waals surface area contributed by atoms with Crippen LogP contribution in [0, 0.1) is 13.8 Å². The van der Waals surface area contributed by atoms with Crippen molar-refractivity contribution in [3.05, 3.63) is 201 Å². The molecule has 588 valence electrons. The van der Waals surface area contributed by atoms with Crippen LogP contribution in [0.5, 0.6) is 28.7 Å². The van der Waals surface area contributed by atoms with Gasteiger partial charge in [-0.05, 0) is 100 Å². The third-order valence-electron chi connectivity index (χ3n) is 16.4. The molecule has 2 saturated carbocycles. The third-order valence-corrected chi connectivity index (χ3v) is 18.0. The average Bonchev–Trinajstić information content (AvgIpc) is 1.70. The number of esters is 3. The highest BCUT2D eigenvalue weighted by molar-refractivity contribution is 7.15. The second-order valence-corrected chi connectivity index (χ2v) is 27.5. The van der Waals surface area contributed by atoms with Crippen LogP contribution in [0.3, 0.4) is 0 Å². The lowest BCUT2D eigenvalue weighted by Crippen LogP contribution is -2.20. The van der Waals surface area contributed by atoms with Crippen molar-refractivity contribution >= 4 is 135 Å². The molecule has 0 radical (unpaired) electrons. The van der Waals surface area contributed by atoms with E-state index in [0.717, 1.165) is 50.1 Å². The Morgan fingerprint density at radius 3 is 1.27 bits per heavy atom. The lowest BCUT2D eigenvalue weighted by Gasteiger charge is -2.07. The number of nitrogens with one attached hydrogen (secondary N) is 17. The number of fused-ring (bicyclic) bond motifs is 5. The standard InChI is InChI=1S/C16H15N5O4.C15H17N5O3.C14H12N4O4S.C13H12N6O3.C13H14N4O3S/c22-14(17-13-6-11(18-20-13)8-1-2-8)7-15(23)25-9-3-4-10-12(5-9)19-21-16(10)24;21-15-11-4-3-10(7-13(11)17-19-15)22-5-6-23-20-14-8-12(16-18-14)9-1-2-9;1-7-6-15-14(23-7)16-11(19)5-12(20)22-8-2-3-9-10(4-8)17-18-13(9)21;20-11(3-4-14-13-15-5-6-16-19-13)22-8-1-2-9-10(7-8)17-18-12(9)21;1-8-7-14-13(21-8)17-20-5-4-19-9-2-3-10-11(6-9)15-16-12(10)18/h3-6,8H,1-2,7H2,(H2,19,21,24)(H2,17,18,20,22);3-4,7-9H,1-2,5-6H2,(H2,16,18,20)(H2,17,19,21);2-4,6H,5H2,1H3,(H,15,16,19)(H2,17,18,21);1-2,5-7H,3-4H2,(H,14,15,19)(H2,17,18,21);2-3,6-7H,4-5H2,1H3,(H,14,17)(H2,15,16,18). The minimum absolute atomic E-state index is 0.136. The van der Waals surface area contributed by atoms with Gasteiger partial charge in [0.15, 0.2) is 16.8 Å². The van der Waals surface area contributed by atoms with Crippen LogP contribution >= 0.6 is 22.7 Å². The van der Waals surface area contributed by atoms with Gasteiger partial charge < -0.3 is 39.6 Å². The number of aromatic nitrogens is 19. The van der Waals surface area contributed by atoms with Crippen LogP contribution in [0.1, 0.15) is 77.9 Å². The second kappa shape index (κ2) is 36.7. The number of anilines is 5. The fourth-order valence-corrected chi connectivity index (χ4v) is 11.9. The number of benzene rings is 5. The molecule has 15 aromatic rings. The van der Waals surface area contributed by atoms with Gasteiger partial charge in [0.2, 0.25) is 22.9 Å². The number of aryl methyl sites for hydroxylation is 2. The second-order valence-electron chi connectivity index (χ2n) is 25.1. The summed E-state index contributed by atoms with van der Waals surface area (Å²) in [7, 11) is 0. The minimum Gasteiger partial charge on any atom is -0.491 e. The summed E-state index contributed by atoms with van der Waals surface area (Å²) in [5.41, 5.74) is 9.76. The molecule has 0 bridgehead atoms. The van der Waals surface area contributed by atoms with Gasteiger partial charge in [-0.3, -0.25) is 119 Å². The fraction of sp³-hybridized carbons (Fsp3) is 0.225. The van der Waals surface area contributed by atoms with E-state index >= 15 is 0 Å². The molecule has 2 aliphatic carbocycles. The summed E-state index contributed by atoms with van der Waals surface area (Å²) in [5, 5.41) is 59.1. The SMILES string of the molecule is Cc1cnc(NC(=O)CC(=O)Oc2ccc3c(=O)[nH][nH]c3c2)s1.Cc1cnc(NOCCOc2ccc3c(=O)[nH][nH]c3c2)s1.O=C(CC(=O)Oc1ccc2c(=O)[nH][nH]c2c1)Nc1cc(C2CC2)[nH]n1.O=C(CCNc1nccnn1)Oc1ccc2c(=O)[nH][nH]c2c1.O=c1[nH][nH]c2cc(OCCONc3cc(C4CC4)[nH]n3)ccc12. The number of H-pyrrole nitrogens is 12. The Labute approximate surface area is 645 Å². The highest BCUT2D eigenvalue weighted by atomic mass is 32.1. The largest absolute Gasteiger partial charge is 0.491 e. The maximum absolute atomic E-state index is 11.9. The lowest BCUT2D eigenvalue weighted by molar-refractivity contribution is -0.138. The predicted octanol–water partition coefficient (Wildman–Crippen LogP) is 7.32. The number of amides is 2. The summed E-state index contributed by atoms with van der Waals surface area (Å²) < 4.78 is 26.6. The van der Waals surface area contributed by atoms with Crippen molar-refractivity contribution in [2.45, 2.75) is 70.6 Å². The first-order valence-electron chi connectivity index (χ1n) is 34.9. The third kappa shape index (κ3) is 21.9. The molecule has 0 aliphatic heterocycles. The monoisotopic (exact) mass is 1590 g/mol. The Kier molecular flexibility index (Phi) is 25.0. The number of nitrogens with zero attached hydrogens (tertiary/aromatic N) is 7. The maximum Gasteiger partial charge on any atom is 0.320 e. The first-order chi connectivity index (χ1) is 55.3. The van der Waals surface area contributed by atoms with E-state index in [1.807, 2.05) is 19.9 Å². The Hall–Kier alpha value is -14.6. The zero-order valence-electron chi connectivity index (χ0n) is 60.2. The van der Waals surface area contributed by atoms with E-state index in [-0.39, 0.29) is 45.7 Å². The maximum atomic E-state index is 11.9. The lowest BCUT2D eigenvalue weighted by atomic mass is 10.2. The molecule has 41 nitrogen and oxygen atoms in total. The van der Waals surface area contributed by atoms with Gasteiger partial charge in [-0.25, -0.2) is 25.9 Å². The van der Waals surface area contributed by atoms with E-state index < -0.39 is 42.6 Å².